The lowest BCUT2D eigenvalue weighted by molar-refractivity contribution is -0.136. The molecule has 29 heavy (non-hydrogen) atoms. The fourth-order valence-corrected chi connectivity index (χ4v) is 5.72. The first kappa shape index (κ1) is 18.4. The fraction of sp³-hybridized carbons (Fsp3) is 0.522. The highest BCUT2D eigenvalue weighted by molar-refractivity contribution is 5.80. The van der Waals surface area contributed by atoms with E-state index in [2.05, 4.69) is 51.0 Å². The highest BCUT2D eigenvalue weighted by Gasteiger charge is 2.50. The van der Waals surface area contributed by atoms with Gasteiger partial charge in [-0.15, -0.1) is 0 Å². The number of anilines is 2. The smallest absolute Gasteiger partial charge is 0.226 e. The number of hydrogen-bond acceptors (Lipinski definition) is 5. The van der Waals surface area contributed by atoms with E-state index in [0.717, 1.165) is 38.3 Å². The summed E-state index contributed by atoms with van der Waals surface area (Å²) in [4.78, 5) is 26.4. The van der Waals surface area contributed by atoms with Crippen molar-refractivity contribution in [3.63, 3.8) is 0 Å². The zero-order chi connectivity index (χ0) is 20.0. The number of rotatable bonds is 3. The first-order valence-electron chi connectivity index (χ1n) is 10.8. The number of nitrogens with zero attached hydrogens (tertiary/aromatic N) is 4. The summed E-state index contributed by atoms with van der Waals surface area (Å²) >= 11 is 0. The number of aromatic nitrogens is 2. The van der Waals surface area contributed by atoms with Crippen molar-refractivity contribution in [1.82, 2.24) is 14.9 Å². The quantitative estimate of drug-likeness (QED) is 0.870. The Balaban J connectivity index is 1.46. The van der Waals surface area contributed by atoms with Gasteiger partial charge in [0.15, 0.2) is 0 Å². The zero-order valence-corrected chi connectivity index (χ0v) is 17.0. The van der Waals surface area contributed by atoms with Gasteiger partial charge in [0.1, 0.15) is 18.0 Å². The number of benzene rings is 1. The first-order valence-corrected chi connectivity index (χ1v) is 10.8. The number of amides is 1. The largest absolute Gasteiger partial charge is 0.384 e. The van der Waals surface area contributed by atoms with Gasteiger partial charge in [0.25, 0.3) is 0 Å². The third-order valence-corrected chi connectivity index (χ3v) is 7.16. The molecule has 3 aliphatic rings. The monoisotopic (exact) mass is 391 g/mol. The molecule has 0 unspecified atom stereocenters. The number of likely N-dealkylation sites (tertiary alicyclic amines) is 1. The molecular weight excluding hydrogens is 362 g/mol. The van der Waals surface area contributed by atoms with Crippen molar-refractivity contribution < 1.29 is 4.79 Å². The number of aryl methyl sites for hydroxylation is 1. The van der Waals surface area contributed by atoms with E-state index in [0.29, 0.717) is 23.6 Å². The summed E-state index contributed by atoms with van der Waals surface area (Å²) in [6.07, 6.45) is 6.02. The van der Waals surface area contributed by atoms with Crippen LogP contribution in [0.5, 0.6) is 0 Å². The summed E-state index contributed by atoms with van der Waals surface area (Å²) in [5.41, 5.74) is 8.45. The summed E-state index contributed by atoms with van der Waals surface area (Å²) < 4.78 is 0. The minimum absolute atomic E-state index is 0.151. The molecule has 3 heterocycles. The van der Waals surface area contributed by atoms with Gasteiger partial charge in [0.2, 0.25) is 5.91 Å². The Bertz CT molecular complexity index is 910. The average molecular weight is 392 g/mol. The number of carbonyl (C=O) groups is 1. The van der Waals surface area contributed by atoms with E-state index in [-0.39, 0.29) is 12.0 Å². The van der Waals surface area contributed by atoms with Crippen molar-refractivity contribution in [2.24, 2.45) is 17.8 Å². The molecule has 1 aromatic heterocycles. The SMILES string of the molecule is Cc1ccccc1[C@@H]1[C@H]2CN(c3cc(N)ncn3)C[C@H]2CN1C(=O)C1CCCC1. The normalized spacial score (nSPS) is 26.9. The molecule has 6 heteroatoms. The number of nitrogens with two attached hydrogens (primary N) is 1. The van der Waals surface area contributed by atoms with Crippen molar-refractivity contribution in [1.29, 1.82) is 0 Å². The van der Waals surface area contributed by atoms with Crippen LogP contribution in [0.1, 0.15) is 42.9 Å². The molecule has 5 rings (SSSR count). The summed E-state index contributed by atoms with van der Waals surface area (Å²) in [7, 11) is 0. The molecule has 3 fully saturated rings. The van der Waals surface area contributed by atoms with E-state index in [1.54, 1.807) is 0 Å². The van der Waals surface area contributed by atoms with Gasteiger partial charge in [-0.3, -0.25) is 4.79 Å². The molecule has 2 saturated heterocycles. The van der Waals surface area contributed by atoms with E-state index < -0.39 is 0 Å². The highest BCUT2D eigenvalue weighted by Crippen LogP contribution is 2.47. The fourth-order valence-electron chi connectivity index (χ4n) is 5.72. The molecule has 6 nitrogen and oxygen atoms in total. The Hall–Kier alpha value is -2.63. The van der Waals surface area contributed by atoms with Gasteiger partial charge in [-0.1, -0.05) is 37.1 Å². The van der Waals surface area contributed by atoms with Crippen molar-refractivity contribution in [3.05, 3.63) is 47.8 Å². The molecule has 0 radical (unpaired) electrons. The first-order chi connectivity index (χ1) is 14.1. The Kier molecular flexibility index (Phi) is 4.64. The summed E-state index contributed by atoms with van der Waals surface area (Å²) in [5, 5.41) is 0. The minimum Gasteiger partial charge on any atom is -0.384 e. The van der Waals surface area contributed by atoms with E-state index in [4.69, 9.17) is 5.73 Å². The predicted octanol–water partition coefficient (Wildman–Crippen LogP) is 3.19. The van der Waals surface area contributed by atoms with Crippen LogP contribution in [0, 0.1) is 24.7 Å². The van der Waals surface area contributed by atoms with Gasteiger partial charge in [0, 0.05) is 43.5 Å². The molecule has 0 spiro atoms. The summed E-state index contributed by atoms with van der Waals surface area (Å²) in [5.74, 6) is 2.87. The van der Waals surface area contributed by atoms with Gasteiger partial charge < -0.3 is 15.5 Å². The molecule has 2 N–H and O–H groups in total. The lowest BCUT2D eigenvalue weighted by Crippen LogP contribution is -2.39. The Morgan fingerprint density at radius 1 is 1.10 bits per heavy atom. The molecule has 2 aliphatic heterocycles. The van der Waals surface area contributed by atoms with Crippen molar-refractivity contribution in [2.75, 3.05) is 30.3 Å². The molecule has 1 saturated carbocycles. The van der Waals surface area contributed by atoms with E-state index >= 15 is 0 Å². The van der Waals surface area contributed by atoms with Crippen LogP contribution in [0.25, 0.3) is 0 Å². The third kappa shape index (κ3) is 3.24. The lowest BCUT2D eigenvalue weighted by Gasteiger charge is -2.32. The van der Waals surface area contributed by atoms with E-state index in [1.807, 2.05) is 6.07 Å². The maximum absolute atomic E-state index is 13.4. The molecular formula is C23H29N5O. The Morgan fingerprint density at radius 2 is 1.90 bits per heavy atom. The molecule has 3 atom stereocenters. The lowest BCUT2D eigenvalue weighted by atomic mass is 9.87. The second-order valence-electron chi connectivity index (χ2n) is 8.90. The Labute approximate surface area is 172 Å². The molecule has 1 aromatic carbocycles. The second kappa shape index (κ2) is 7.32. The van der Waals surface area contributed by atoms with Gasteiger partial charge in [-0.05, 0) is 30.9 Å². The van der Waals surface area contributed by atoms with Gasteiger partial charge in [-0.2, -0.15) is 0 Å². The van der Waals surface area contributed by atoms with Crippen LogP contribution in [0.15, 0.2) is 36.7 Å². The summed E-state index contributed by atoms with van der Waals surface area (Å²) in [6, 6.07) is 10.6. The topological polar surface area (TPSA) is 75.3 Å². The Morgan fingerprint density at radius 3 is 2.66 bits per heavy atom. The standard InChI is InChI=1S/C23H29N5O/c1-15-6-2-5-9-18(15)22-19-13-27(21-10-20(24)25-14-26-21)11-17(19)12-28(22)23(29)16-7-3-4-8-16/h2,5-6,9-10,14,16-17,19,22H,3-4,7-8,11-13H2,1H3,(H2,24,25,26)/t17-,19-,22+/m0/s1. The number of carbonyl (C=O) groups excluding carboxylic acids is 1. The van der Waals surface area contributed by atoms with E-state index in [1.165, 1.54) is 30.3 Å². The maximum Gasteiger partial charge on any atom is 0.226 e. The predicted molar refractivity (Wildman–Crippen MR) is 113 cm³/mol. The van der Waals surface area contributed by atoms with Crippen LogP contribution in [-0.2, 0) is 4.79 Å². The maximum atomic E-state index is 13.4. The number of nitrogen functional groups attached to an aromatic ring is 1. The second-order valence-corrected chi connectivity index (χ2v) is 8.90. The van der Waals surface area contributed by atoms with Gasteiger partial charge in [-0.25, -0.2) is 9.97 Å². The molecule has 2 aromatic rings. The minimum atomic E-state index is 0.151. The van der Waals surface area contributed by atoms with Crippen molar-refractivity contribution in [2.45, 2.75) is 38.6 Å². The molecule has 1 aliphatic carbocycles. The number of fused-ring (bicyclic) bond motifs is 1. The zero-order valence-electron chi connectivity index (χ0n) is 17.0. The molecule has 1 amide bonds. The number of hydrogen-bond donors (Lipinski definition) is 1. The van der Waals surface area contributed by atoms with Crippen LogP contribution in [-0.4, -0.2) is 40.4 Å². The van der Waals surface area contributed by atoms with Crippen molar-refractivity contribution in [3.8, 4) is 0 Å². The van der Waals surface area contributed by atoms with Gasteiger partial charge >= 0.3 is 0 Å². The summed E-state index contributed by atoms with van der Waals surface area (Å²) in [6.45, 7) is 4.82. The van der Waals surface area contributed by atoms with Crippen LogP contribution >= 0.6 is 0 Å². The van der Waals surface area contributed by atoms with Crippen LogP contribution < -0.4 is 10.6 Å². The molecule has 0 bridgehead atoms. The average Bonchev–Trinajstić information content (AvgIpc) is 3.44. The third-order valence-electron chi connectivity index (χ3n) is 7.16. The van der Waals surface area contributed by atoms with Crippen LogP contribution in [0.3, 0.4) is 0 Å². The van der Waals surface area contributed by atoms with Gasteiger partial charge in [0.05, 0.1) is 6.04 Å². The van der Waals surface area contributed by atoms with Crippen LogP contribution in [0.2, 0.25) is 0 Å². The van der Waals surface area contributed by atoms with Crippen LogP contribution in [0.4, 0.5) is 11.6 Å². The highest BCUT2D eigenvalue weighted by atomic mass is 16.2. The molecule has 152 valence electrons. The van der Waals surface area contributed by atoms with Crippen molar-refractivity contribution >= 4 is 17.5 Å². The van der Waals surface area contributed by atoms with E-state index in [9.17, 15) is 4.79 Å².